The second kappa shape index (κ2) is 11.2. The van der Waals surface area contributed by atoms with Crippen LogP contribution in [0.1, 0.15) is 30.6 Å². The van der Waals surface area contributed by atoms with Crippen LogP contribution >= 0.6 is 0 Å². The molecule has 1 unspecified atom stereocenters. The van der Waals surface area contributed by atoms with E-state index in [1.807, 2.05) is 37.3 Å². The summed E-state index contributed by atoms with van der Waals surface area (Å²) in [6.07, 6.45) is -0.192. The number of hydrogen-bond acceptors (Lipinski definition) is 3. The Kier molecular flexibility index (Phi) is 8.61. The lowest BCUT2D eigenvalue weighted by Crippen LogP contribution is -2.38. The molecule has 3 N–H and O–H groups in total. The van der Waals surface area contributed by atoms with Crippen LogP contribution in [-0.2, 0) is 6.54 Å². The maximum atomic E-state index is 14.0. The lowest BCUT2D eigenvalue weighted by Gasteiger charge is -2.15. The van der Waals surface area contributed by atoms with E-state index >= 15 is 0 Å². The molecule has 2 aromatic carbocycles. The molecule has 0 heterocycles. The van der Waals surface area contributed by atoms with Crippen molar-refractivity contribution in [1.29, 1.82) is 0 Å². The van der Waals surface area contributed by atoms with Crippen LogP contribution in [0.2, 0.25) is 0 Å². The lowest BCUT2D eigenvalue weighted by atomic mass is 10.1. The number of halogens is 3. The minimum atomic E-state index is -3.05. The summed E-state index contributed by atoms with van der Waals surface area (Å²) in [7, 11) is 0. The Hall–Kier alpha value is -2.74. The summed E-state index contributed by atoms with van der Waals surface area (Å²) in [5.74, 6) is -0.527. The Labute approximate surface area is 162 Å². The van der Waals surface area contributed by atoms with Crippen LogP contribution < -0.4 is 15.4 Å². The normalized spacial score (nSPS) is 12.7. The van der Waals surface area contributed by atoms with E-state index in [9.17, 15) is 18.3 Å². The molecule has 8 heteroatoms. The molecule has 152 valence electrons. The molecule has 0 aliphatic heterocycles. The summed E-state index contributed by atoms with van der Waals surface area (Å²) < 4.78 is 43.4. The zero-order valence-corrected chi connectivity index (χ0v) is 15.5. The van der Waals surface area contributed by atoms with Gasteiger partial charge in [-0.3, -0.25) is 0 Å². The number of benzene rings is 2. The number of aliphatic imine (C=N–C) groups is 1. The van der Waals surface area contributed by atoms with Crippen molar-refractivity contribution >= 4 is 5.96 Å². The van der Waals surface area contributed by atoms with Crippen molar-refractivity contribution < 1.29 is 23.0 Å². The number of alkyl halides is 2. The van der Waals surface area contributed by atoms with Crippen LogP contribution in [0.15, 0.2) is 53.5 Å². The standard InChI is InChI=1S/C20H24F3N3O2/c1-2-24-20(25-12-11-17(27)14-7-4-3-5-8-14)26-13-15-16(21)9-6-10-18(15)28-19(22)23/h3-10,17,19,27H,2,11-13H2,1H3,(H2,24,25,26). The summed E-state index contributed by atoms with van der Waals surface area (Å²) >= 11 is 0. The van der Waals surface area contributed by atoms with Gasteiger partial charge in [-0.15, -0.1) is 0 Å². The first kappa shape index (κ1) is 21.6. The molecule has 2 rings (SSSR count). The number of hydrogen-bond donors (Lipinski definition) is 3. The van der Waals surface area contributed by atoms with E-state index in [0.29, 0.717) is 25.5 Å². The quantitative estimate of drug-likeness (QED) is 0.448. The monoisotopic (exact) mass is 395 g/mol. The van der Waals surface area contributed by atoms with E-state index in [1.54, 1.807) is 0 Å². The van der Waals surface area contributed by atoms with Gasteiger partial charge in [0.1, 0.15) is 11.6 Å². The third-order valence-corrected chi connectivity index (χ3v) is 3.93. The van der Waals surface area contributed by atoms with Crippen molar-refractivity contribution in [2.24, 2.45) is 4.99 Å². The van der Waals surface area contributed by atoms with Gasteiger partial charge < -0.3 is 20.5 Å². The van der Waals surface area contributed by atoms with Crippen LogP contribution in [0.4, 0.5) is 13.2 Å². The number of nitrogens with zero attached hydrogens (tertiary/aromatic N) is 1. The molecule has 0 aliphatic carbocycles. The topological polar surface area (TPSA) is 65.9 Å². The summed E-state index contributed by atoms with van der Waals surface area (Å²) in [4.78, 5) is 4.23. The molecule has 2 aromatic rings. The number of ether oxygens (including phenoxy) is 1. The maximum Gasteiger partial charge on any atom is 0.387 e. The van der Waals surface area contributed by atoms with E-state index in [0.717, 1.165) is 5.56 Å². The third kappa shape index (κ3) is 6.77. The van der Waals surface area contributed by atoms with E-state index in [2.05, 4.69) is 20.4 Å². The zero-order valence-electron chi connectivity index (χ0n) is 15.5. The highest BCUT2D eigenvalue weighted by Gasteiger charge is 2.14. The van der Waals surface area contributed by atoms with E-state index < -0.39 is 18.5 Å². The van der Waals surface area contributed by atoms with Crippen molar-refractivity contribution in [3.8, 4) is 5.75 Å². The molecular formula is C20H24F3N3O2. The molecule has 0 saturated heterocycles. The average molecular weight is 395 g/mol. The van der Waals surface area contributed by atoms with Crippen molar-refractivity contribution in [2.45, 2.75) is 32.6 Å². The molecule has 0 aromatic heterocycles. The molecular weight excluding hydrogens is 371 g/mol. The van der Waals surface area contributed by atoms with Crippen molar-refractivity contribution in [3.63, 3.8) is 0 Å². The van der Waals surface area contributed by atoms with Crippen molar-refractivity contribution in [2.75, 3.05) is 13.1 Å². The summed E-state index contributed by atoms with van der Waals surface area (Å²) in [6.45, 7) is -0.379. The molecule has 0 radical (unpaired) electrons. The van der Waals surface area contributed by atoms with Gasteiger partial charge in [-0.25, -0.2) is 9.38 Å². The van der Waals surface area contributed by atoms with Crippen LogP contribution in [0.5, 0.6) is 5.75 Å². The number of guanidine groups is 1. The van der Waals surface area contributed by atoms with E-state index in [-0.39, 0.29) is 17.9 Å². The Bertz CT molecular complexity index is 758. The molecule has 28 heavy (non-hydrogen) atoms. The van der Waals surface area contributed by atoms with Gasteiger partial charge in [-0.1, -0.05) is 36.4 Å². The SMILES string of the molecule is CCNC(=NCc1c(F)cccc1OC(F)F)NCCC(O)c1ccccc1. The first-order valence-corrected chi connectivity index (χ1v) is 8.98. The van der Waals surface area contributed by atoms with Gasteiger partial charge in [0.25, 0.3) is 0 Å². The molecule has 5 nitrogen and oxygen atoms in total. The lowest BCUT2D eigenvalue weighted by molar-refractivity contribution is -0.0506. The minimum absolute atomic E-state index is 0.0516. The molecule has 0 aliphatic rings. The van der Waals surface area contributed by atoms with Crippen LogP contribution in [-0.4, -0.2) is 30.8 Å². The average Bonchev–Trinajstić information content (AvgIpc) is 2.67. The highest BCUT2D eigenvalue weighted by molar-refractivity contribution is 5.79. The second-order valence-corrected chi connectivity index (χ2v) is 5.93. The zero-order chi connectivity index (χ0) is 20.4. The highest BCUT2D eigenvalue weighted by Crippen LogP contribution is 2.24. The van der Waals surface area contributed by atoms with Crippen LogP contribution in [0, 0.1) is 5.82 Å². The predicted octanol–water partition coefficient (Wildman–Crippen LogP) is 3.61. The van der Waals surface area contributed by atoms with Crippen molar-refractivity contribution in [3.05, 3.63) is 65.5 Å². The molecule has 1 atom stereocenters. The van der Waals surface area contributed by atoms with Gasteiger partial charge in [-0.2, -0.15) is 8.78 Å². The fraction of sp³-hybridized carbons (Fsp3) is 0.350. The van der Waals surface area contributed by atoms with Crippen molar-refractivity contribution in [1.82, 2.24) is 10.6 Å². The Morgan fingerprint density at radius 2 is 1.86 bits per heavy atom. The van der Waals surface area contributed by atoms with Crippen LogP contribution in [0.25, 0.3) is 0 Å². The summed E-state index contributed by atoms with van der Waals surface area (Å²) in [5, 5.41) is 16.2. The Morgan fingerprint density at radius 1 is 1.11 bits per heavy atom. The molecule has 0 fully saturated rings. The fourth-order valence-electron chi connectivity index (χ4n) is 2.57. The number of rotatable bonds is 9. The number of nitrogens with one attached hydrogen (secondary N) is 2. The van der Waals surface area contributed by atoms with Crippen LogP contribution in [0.3, 0.4) is 0 Å². The summed E-state index contributed by atoms with van der Waals surface area (Å²) in [5.41, 5.74) is 0.760. The van der Waals surface area contributed by atoms with Gasteiger partial charge in [0.05, 0.1) is 18.2 Å². The maximum absolute atomic E-state index is 14.0. The first-order valence-electron chi connectivity index (χ1n) is 8.98. The van der Waals surface area contributed by atoms with Gasteiger partial charge in [0.2, 0.25) is 0 Å². The highest BCUT2D eigenvalue weighted by atomic mass is 19.3. The van der Waals surface area contributed by atoms with E-state index in [4.69, 9.17) is 0 Å². The van der Waals surface area contributed by atoms with Gasteiger partial charge >= 0.3 is 6.61 Å². The molecule has 0 amide bonds. The molecule has 0 bridgehead atoms. The number of aliphatic hydroxyl groups is 1. The largest absolute Gasteiger partial charge is 0.434 e. The van der Waals surface area contributed by atoms with Gasteiger partial charge in [0, 0.05) is 13.1 Å². The molecule has 0 saturated carbocycles. The molecule has 0 spiro atoms. The fourth-order valence-corrected chi connectivity index (χ4v) is 2.57. The Morgan fingerprint density at radius 3 is 2.54 bits per heavy atom. The third-order valence-electron chi connectivity index (χ3n) is 3.93. The minimum Gasteiger partial charge on any atom is -0.434 e. The first-order chi connectivity index (χ1) is 13.5. The Balaban J connectivity index is 1.99. The van der Waals surface area contributed by atoms with Gasteiger partial charge in [0.15, 0.2) is 5.96 Å². The van der Waals surface area contributed by atoms with E-state index in [1.165, 1.54) is 18.2 Å². The summed E-state index contributed by atoms with van der Waals surface area (Å²) in [6, 6.07) is 13.0. The smallest absolute Gasteiger partial charge is 0.387 e. The van der Waals surface area contributed by atoms with Gasteiger partial charge in [-0.05, 0) is 31.0 Å². The second-order valence-electron chi connectivity index (χ2n) is 5.93. The predicted molar refractivity (Wildman–Crippen MR) is 102 cm³/mol. The number of aliphatic hydroxyl groups excluding tert-OH is 1.